The number of nitrogens with one attached hydrogen (secondary N) is 3. The quantitative estimate of drug-likeness (QED) is 0.284. The Labute approximate surface area is 213 Å². The summed E-state index contributed by atoms with van der Waals surface area (Å²) in [6, 6.07) is 9.44. The number of benzene rings is 2. The molecule has 3 rings (SSSR count). The average Bonchev–Trinajstić information content (AvgIpc) is 2.86. The summed E-state index contributed by atoms with van der Waals surface area (Å²) in [5, 5.41) is 6.40. The van der Waals surface area contributed by atoms with Gasteiger partial charge in [-0.3, -0.25) is 19.4 Å². The molecule has 37 heavy (non-hydrogen) atoms. The smallest absolute Gasteiger partial charge is 0.328 e. The number of fused-ring (bicyclic) bond motifs is 1. The molecular weight excluding hydrogens is 478 g/mol. The number of esters is 2. The molecule has 196 valence electrons. The van der Waals surface area contributed by atoms with Crippen LogP contribution in [0.25, 0.3) is 10.9 Å². The molecule has 1 aromatic heterocycles. The monoisotopic (exact) mass is 509 g/mol. The number of nitrogen functional groups attached to an aromatic ring is 1. The molecule has 2 aromatic carbocycles. The van der Waals surface area contributed by atoms with E-state index in [4.69, 9.17) is 15.2 Å². The fourth-order valence-electron chi connectivity index (χ4n) is 3.81. The number of H-pyrrole nitrogens is 1. The van der Waals surface area contributed by atoms with Gasteiger partial charge in [-0.05, 0) is 62.6 Å². The average molecular weight is 510 g/mol. The molecule has 3 aromatic rings. The molecule has 1 unspecified atom stereocenters. The second-order valence-electron chi connectivity index (χ2n) is 8.26. The van der Waals surface area contributed by atoms with E-state index in [-0.39, 0.29) is 37.6 Å². The Morgan fingerprint density at radius 1 is 1.05 bits per heavy atom. The number of aryl methyl sites for hydroxylation is 1. The van der Waals surface area contributed by atoms with E-state index in [2.05, 4.69) is 20.6 Å². The number of aromatic nitrogens is 2. The summed E-state index contributed by atoms with van der Waals surface area (Å²) in [5.74, 6) is -1.45. The number of amides is 1. The third kappa shape index (κ3) is 7.06. The molecule has 1 amide bonds. The molecule has 11 heteroatoms. The first kappa shape index (κ1) is 27.2. The van der Waals surface area contributed by atoms with Gasteiger partial charge >= 0.3 is 11.9 Å². The molecule has 1 atom stereocenters. The highest BCUT2D eigenvalue weighted by Crippen LogP contribution is 2.22. The Kier molecular flexibility index (Phi) is 9.20. The summed E-state index contributed by atoms with van der Waals surface area (Å²) in [7, 11) is 0. The van der Waals surface area contributed by atoms with Gasteiger partial charge in [-0.1, -0.05) is 12.1 Å². The zero-order chi connectivity index (χ0) is 26.9. The first-order valence-electron chi connectivity index (χ1n) is 12.0. The van der Waals surface area contributed by atoms with Crippen molar-refractivity contribution in [2.75, 3.05) is 24.3 Å². The van der Waals surface area contributed by atoms with E-state index < -0.39 is 23.9 Å². The van der Waals surface area contributed by atoms with Crippen molar-refractivity contribution in [2.24, 2.45) is 0 Å². The highest BCUT2D eigenvalue weighted by atomic mass is 16.5. The summed E-state index contributed by atoms with van der Waals surface area (Å²) in [5.41, 5.74) is 8.60. The van der Waals surface area contributed by atoms with Crippen molar-refractivity contribution in [2.45, 2.75) is 46.2 Å². The van der Waals surface area contributed by atoms with Gasteiger partial charge in [-0.15, -0.1) is 0 Å². The van der Waals surface area contributed by atoms with Crippen molar-refractivity contribution >= 4 is 40.4 Å². The molecule has 0 bridgehead atoms. The summed E-state index contributed by atoms with van der Waals surface area (Å²) in [4.78, 5) is 55.7. The predicted octanol–water partition coefficient (Wildman–Crippen LogP) is 2.43. The molecule has 0 aliphatic rings. The van der Waals surface area contributed by atoms with Crippen molar-refractivity contribution in [3.63, 3.8) is 0 Å². The number of hydrogen-bond donors (Lipinski definition) is 4. The third-order valence-electron chi connectivity index (χ3n) is 5.67. The standard InChI is InChI=1S/C26H31N5O6/c1-4-36-21(32)13-12-20(25(35)37-5-2)29-23(33)17-8-6-16(7-9-17)14-28-18-10-11-19-22(15(18)3)24(34)31-26(27)30-19/h6-11,20,28H,4-5,12-14H2,1-3H3,(H,29,33)(H3,27,30,31,34). The molecule has 0 aliphatic carbocycles. The Morgan fingerprint density at radius 2 is 1.76 bits per heavy atom. The van der Waals surface area contributed by atoms with Crippen molar-refractivity contribution in [1.82, 2.24) is 15.3 Å². The molecule has 0 aliphatic heterocycles. The van der Waals surface area contributed by atoms with Crippen LogP contribution in [0.15, 0.2) is 41.2 Å². The van der Waals surface area contributed by atoms with Gasteiger partial charge in [0.25, 0.3) is 11.5 Å². The highest BCUT2D eigenvalue weighted by molar-refractivity contribution is 5.97. The first-order valence-corrected chi connectivity index (χ1v) is 12.0. The van der Waals surface area contributed by atoms with E-state index in [0.29, 0.717) is 23.0 Å². The van der Waals surface area contributed by atoms with Crippen LogP contribution in [0.2, 0.25) is 0 Å². The van der Waals surface area contributed by atoms with Crippen LogP contribution in [0.4, 0.5) is 11.6 Å². The SMILES string of the molecule is CCOC(=O)CCC(NC(=O)c1ccc(CNc2ccc3nc(N)[nH]c(=O)c3c2C)cc1)C(=O)OCC. The number of carbonyl (C=O) groups excluding carboxylic acids is 3. The second kappa shape index (κ2) is 12.5. The Balaban J connectivity index is 1.65. The van der Waals surface area contributed by atoms with E-state index in [1.165, 1.54) is 0 Å². The van der Waals surface area contributed by atoms with E-state index in [1.54, 1.807) is 44.2 Å². The lowest BCUT2D eigenvalue weighted by Crippen LogP contribution is -2.42. The fraction of sp³-hybridized carbons (Fsp3) is 0.346. The van der Waals surface area contributed by atoms with Crippen LogP contribution in [0.1, 0.15) is 48.2 Å². The minimum absolute atomic E-state index is 0.0221. The van der Waals surface area contributed by atoms with Crippen LogP contribution in [0.3, 0.4) is 0 Å². The molecule has 1 heterocycles. The maximum absolute atomic E-state index is 12.8. The summed E-state index contributed by atoms with van der Waals surface area (Å²) in [6.45, 7) is 6.02. The van der Waals surface area contributed by atoms with Gasteiger partial charge in [-0.25, -0.2) is 9.78 Å². The van der Waals surface area contributed by atoms with E-state index in [1.807, 2.05) is 13.0 Å². The largest absolute Gasteiger partial charge is 0.466 e. The Hall–Kier alpha value is -4.41. The minimum atomic E-state index is -0.970. The highest BCUT2D eigenvalue weighted by Gasteiger charge is 2.24. The van der Waals surface area contributed by atoms with Crippen molar-refractivity contribution in [3.05, 3.63) is 63.4 Å². The molecule has 0 spiro atoms. The Bertz CT molecular complexity index is 1340. The summed E-state index contributed by atoms with van der Waals surface area (Å²) >= 11 is 0. The van der Waals surface area contributed by atoms with Crippen LogP contribution in [0, 0.1) is 6.92 Å². The van der Waals surface area contributed by atoms with Crippen LogP contribution in [-0.4, -0.2) is 47.1 Å². The predicted molar refractivity (Wildman–Crippen MR) is 139 cm³/mol. The molecule has 0 saturated carbocycles. The van der Waals surface area contributed by atoms with Gasteiger partial charge in [0.2, 0.25) is 5.95 Å². The molecule has 0 saturated heterocycles. The van der Waals surface area contributed by atoms with Gasteiger partial charge < -0.3 is 25.8 Å². The lowest BCUT2D eigenvalue weighted by atomic mass is 10.1. The van der Waals surface area contributed by atoms with Crippen molar-refractivity contribution < 1.29 is 23.9 Å². The number of rotatable bonds is 11. The number of hydrogen-bond acceptors (Lipinski definition) is 9. The van der Waals surface area contributed by atoms with E-state index >= 15 is 0 Å². The number of aromatic amines is 1. The van der Waals surface area contributed by atoms with E-state index in [9.17, 15) is 19.2 Å². The minimum Gasteiger partial charge on any atom is -0.466 e. The summed E-state index contributed by atoms with van der Waals surface area (Å²) < 4.78 is 9.92. The number of nitrogens with zero attached hydrogens (tertiary/aromatic N) is 1. The third-order valence-corrected chi connectivity index (χ3v) is 5.67. The number of nitrogens with two attached hydrogens (primary N) is 1. The molecule has 5 N–H and O–H groups in total. The first-order chi connectivity index (χ1) is 17.7. The van der Waals surface area contributed by atoms with Crippen LogP contribution >= 0.6 is 0 Å². The zero-order valence-corrected chi connectivity index (χ0v) is 21.1. The van der Waals surface area contributed by atoms with E-state index in [0.717, 1.165) is 16.8 Å². The van der Waals surface area contributed by atoms with Gasteiger partial charge in [0, 0.05) is 24.2 Å². The molecule has 0 fully saturated rings. The molecular formula is C26H31N5O6. The number of ether oxygens (including phenoxy) is 2. The lowest BCUT2D eigenvalue weighted by molar-refractivity contribution is -0.146. The van der Waals surface area contributed by atoms with Crippen LogP contribution in [0.5, 0.6) is 0 Å². The normalized spacial score (nSPS) is 11.5. The number of anilines is 2. The lowest BCUT2D eigenvalue weighted by Gasteiger charge is -2.17. The van der Waals surface area contributed by atoms with Gasteiger partial charge in [0.15, 0.2) is 0 Å². The van der Waals surface area contributed by atoms with Crippen LogP contribution < -0.4 is 21.9 Å². The fourth-order valence-corrected chi connectivity index (χ4v) is 3.81. The van der Waals surface area contributed by atoms with Gasteiger partial charge in [-0.2, -0.15) is 0 Å². The zero-order valence-electron chi connectivity index (χ0n) is 21.1. The molecule has 0 radical (unpaired) electrons. The van der Waals surface area contributed by atoms with Crippen LogP contribution in [-0.2, 0) is 25.6 Å². The van der Waals surface area contributed by atoms with Crippen molar-refractivity contribution in [1.29, 1.82) is 0 Å². The maximum atomic E-state index is 12.8. The topological polar surface area (TPSA) is 165 Å². The summed E-state index contributed by atoms with van der Waals surface area (Å²) in [6.07, 6.45) is 0.0488. The van der Waals surface area contributed by atoms with Crippen molar-refractivity contribution in [3.8, 4) is 0 Å². The van der Waals surface area contributed by atoms with Gasteiger partial charge in [0.1, 0.15) is 6.04 Å². The molecule has 11 nitrogen and oxygen atoms in total. The van der Waals surface area contributed by atoms with Gasteiger partial charge in [0.05, 0.1) is 24.1 Å². The Morgan fingerprint density at radius 3 is 2.43 bits per heavy atom. The number of carbonyl (C=O) groups is 3. The second-order valence-corrected chi connectivity index (χ2v) is 8.26. The maximum Gasteiger partial charge on any atom is 0.328 e.